The van der Waals surface area contributed by atoms with E-state index in [1.807, 2.05) is 12.2 Å². The summed E-state index contributed by atoms with van der Waals surface area (Å²) in [6, 6.07) is 0.705. The quantitative estimate of drug-likeness (QED) is 0.617. The van der Waals surface area contributed by atoms with Gasteiger partial charge in [-0.25, -0.2) is 0 Å². The minimum absolute atomic E-state index is 0.705. The van der Waals surface area contributed by atoms with Crippen LogP contribution in [0.4, 0.5) is 0 Å². The zero-order valence-electron chi connectivity index (χ0n) is 12.6. The van der Waals surface area contributed by atoms with Gasteiger partial charge in [-0.15, -0.1) is 0 Å². The Labute approximate surface area is 118 Å². The Morgan fingerprint density at radius 2 is 1.89 bits per heavy atom. The molecule has 0 aromatic heterocycles. The molecule has 1 saturated heterocycles. The first-order chi connectivity index (χ1) is 9.24. The third kappa shape index (κ3) is 7.34. The molecule has 1 fully saturated rings. The predicted molar refractivity (Wildman–Crippen MR) is 83.3 cm³/mol. The molecule has 0 N–H and O–H groups in total. The van der Waals surface area contributed by atoms with Gasteiger partial charge in [0.05, 0.1) is 13.2 Å². The van der Waals surface area contributed by atoms with Gasteiger partial charge in [0.25, 0.3) is 0 Å². The molecule has 0 aromatic rings. The van der Waals surface area contributed by atoms with Crippen LogP contribution < -0.4 is 0 Å². The fourth-order valence-electron chi connectivity index (χ4n) is 2.54. The highest BCUT2D eigenvalue weighted by Gasteiger charge is 2.20. The molecule has 108 valence electrons. The molecule has 2 heteroatoms. The lowest BCUT2D eigenvalue weighted by molar-refractivity contribution is 0.0105. The molecule has 0 aliphatic carbocycles. The lowest BCUT2D eigenvalue weighted by Gasteiger charge is -2.35. The smallest absolute Gasteiger partial charge is 0.0594 e. The molecule has 0 spiro atoms. The second-order valence-electron chi connectivity index (χ2n) is 5.56. The Balaban J connectivity index is 2.38. The summed E-state index contributed by atoms with van der Waals surface area (Å²) in [4.78, 5) is 2.61. The van der Waals surface area contributed by atoms with E-state index in [-0.39, 0.29) is 0 Å². The topological polar surface area (TPSA) is 12.5 Å². The highest BCUT2D eigenvalue weighted by Crippen LogP contribution is 2.18. The van der Waals surface area contributed by atoms with Gasteiger partial charge < -0.3 is 4.74 Å². The number of allylic oxidation sites excluding steroid dienone is 5. The summed E-state index contributed by atoms with van der Waals surface area (Å²) in [6.07, 6.45) is 13.9. The third-order valence-corrected chi connectivity index (χ3v) is 3.47. The first-order valence-electron chi connectivity index (χ1n) is 7.50. The zero-order chi connectivity index (χ0) is 13.9. The third-order valence-electron chi connectivity index (χ3n) is 3.47. The van der Waals surface area contributed by atoms with Crippen molar-refractivity contribution >= 4 is 0 Å². The van der Waals surface area contributed by atoms with Gasteiger partial charge in [-0.3, -0.25) is 4.90 Å². The number of hydrogen-bond acceptors (Lipinski definition) is 2. The minimum Gasteiger partial charge on any atom is -0.379 e. The molecule has 1 atom stereocenters. The number of morpholine rings is 1. The van der Waals surface area contributed by atoms with Crippen LogP contribution in [0.3, 0.4) is 0 Å². The maximum Gasteiger partial charge on any atom is 0.0594 e. The van der Waals surface area contributed by atoms with Gasteiger partial charge >= 0.3 is 0 Å². The van der Waals surface area contributed by atoms with Crippen LogP contribution >= 0.6 is 0 Å². The van der Waals surface area contributed by atoms with Crippen LogP contribution in [0.1, 0.15) is 33.1 Å². The molecule has 1 unspecified atom stereocenters. The van der Waals surface area contributed by atoms with Crippen LogP contribution in [0.5, 0.6) is 0 Å². The van der Waals surface area contributed by atoms with Crippen molar-refractivity contribution in [1.29, 1.82) is 0 Å². The summed E-state index contributed by atoms with van der Waals surface area (Å²) in [6.45, 7) is 12.3. The van der Waals surface area contributed by atoms with Crippen molar-refractivity contribution in [2.45, 2.75) is 39.2 Å². The Morgan fingerprint density at radius 1 is 1.16 bits per heavy atom. The van der Waals surface area contributed by atoms with Gasteiger partial charge in [0, 0.05) is 19.1 Å². The van der Waals surface area contributed by atoms with Crippen LogP contribution in [0.2, 0.25) is 0 Å². The normalized spacial score (nSPS) is 19.5. The van der Waals surface area contributed by atoms with Gasteiger partial charge in [0.15, 0.2) is 0 Å². The zero-order valence-corrected chi connectivity index (χ0v) is 12.6. The first kappa shape index (κ1) is 16.2. The van der Waals surface area contributed by atoms with Gasteiger partial charge in [-0.1, -0.05) is 50.8 Å². The van der Waals surface area contributed by atoms with E-state index in [1.165, 1.54) is 12.8 Å². The van der Waals surface area contributed by atoms with E-state index in [2.05, 4.69) is 37.5 Å². The van der Waals surface area contributed by atoms with Crippen LogP contribution in [0, 0.1) is 5.92 Å². The molecule has 1 heterocycles. The van der Waals surface area contributed by atoms with E-state index >= 15 is 0 Å². The van der Waals surface area contributed by atoms with Gasteiger partial charge in [0.1, 0.15) is 0 Å². The van der Waals surface area contributed by atoms with Gasteiger partial charge in [0.2, 0.25) is 0 Å². The van der Waals surface area contributed by atoms with Crippen LogP contribution in [-0.4, -0.2) is 37.2 Å². The summed E-state index contributed by atoms with van der Waals surface area (Å²) in [5.74, 6) is 0.762. The maximum atomic E-state index is 5.45. The second-order valence-corrected chi connectivity index (χ2v) is 5.56. The van der Waals surface area contributed by atoms with E-state index in [4.69, 9.17) is 4.74 Å². The van der Waals surface area contributed by atoms with Crippen molar-refractivity contribution in [3.8, 4) is 0 Å². The summed E-state index contributed by atoms with van der Waals surface area (Å²) in [5.41, 5.74) is 0. The Morgan fingerprint density at radius 3 is 2.53 bits per heavy atom. The Bertz CT molecular complexity index is 288. The predicted octanol–water partition coefficient (Wildman–Crippen LogP) is 3.81. The molecule has 1 aliphatic heterocycles. The number of hydrogen-bond donors (Lipinski definition) is 0. The largest absolute Gasteiger partial charge is 0.379 e. The molecular weight excluding hydrogens is 234 g/mol. The second kappa shape index (κ2) is 9.99. The molecule has 1 rings (SSSR count). The van der Waals surface area contributed by atoms with Crippen LogP contribution in [0.15, 0.2) is 37.0 Å². The van der Waals surface area contributed by atoms with E-state index in [0.29, 0.717) is 6.04 Å². The number of rotatable bonds is 8. The molecular formula is C17H29NO. The summed E-state index contributed by atoms with van der Waals surface area (Å²) in [7, 11) is 0. The van der Waals surface area contributed by atoms with Crippen molar-refractivity contribution in [1.82, 2.24) is 4.90 Å². The molecule has 0 radical (unpaired) electrons. The van der Waals surface area contributed by atoms with E-state index in [1.54, 1.807) is 6.08 Å². The van der Waals surface area contributed by atoms with E-state index < -0.39 is 0 Å². The lowest BCUT2D eigenvalue weighted by atomic mass is 9.97. The monoisotopic (exact) mass is 263 g/mol. The highest BCUT2D eigenvalue weighted by molar-refractivity contribution is 5.08. The van der Waals surface area contributed by atoms with Gasteiger partial charge in [-0.05, 0) is 25.2 Å². The number of ether oxygens (including phenoxy) is 1. The number of nitrogens with zero attached hydrogens (tertiary/aromatic N) is 1. The van der Waals surface area contributed by atoms with Crippen LogP contribution in [0.25, 0.3) is 0 Å². The summed E-state index contributed by atoms with van der Waals surface area (Å²) < 4.78 is 5.45. The summed E-state index contributed by atoms with van der Waals surface area (Å²) >= 11 is 0. The molecule has 0 saturated carbocycles. The van der Waals surface area contributed by atoms with Crippen molar-refractivity contribution in [3.05, 3.63) is 37.0 Å². The van der Waals surface area contributed by atoms with Crippen molar-refractivity contribution in [2.24, 2.45) is 5.92 Å². The highest BCUT2D eigenvalue weighted by atomic mass is 16.5. The molecule has 19 heavy (non-hydrogen) atoms. The fraction of sp³-hybridized carbons (Fsp3) is 0.647. The van der Waals surface area contributed by atoms with Crippen molar-refractivity contribution < 1.29 is 4.74 Å². The van der Waals surface area contributed by atoms with E-state index in [0.717, 1.165) is 38.6 Å². The average molecular weight is 263 g/mol. The van der Waals surface area contributed by atoms with E-state index in [9.17, 15) is 0 Å². The van der Waals surface area contributed by atoms with Crippen molar-refractivity contribution in [2.75, 3.05) is 26.3 Å². The molecule has 1 aliphatic rings. The molecule has 0 amide bonds. The fourth-order valence-corrected chi connectivity index (χ4v) is 2.54. The molecule has 0 bridgehead atoms. The van der Waals surface area contributed by atoms with Crippen molar-refractivity contribution in [3.63, 3.8) is 0 Å². The lowest BCUT2D eigenvalue weighted by Crippen LogP contribution is -2.44. The SMILES string of the molecule is C=C/C=C\C=C/CCC(CC(C)C)N1CCOCC1. The first-order valence-corrected chi connectivity index (χ1v) is 7.50. The maximum absolute atomic E-state index is 5.45. The minimum atomic E-state index is 0.705. The molecule has 2 nitrogen and oxygen atoms in total. The molecule has 0 aromatic carbocycles. The Hall–Kier alpha value is -0.860. The van der Waals surface area contributed by atoms with Gasteiger partial charge in [-0.2, -0.15) is 0 Å². The standard InChI is InChI=1S/C17H29NO/c1-4-5-6-7-8-9-10-17(15-16(2)3)18-11-13-19-14-12-18/h4-8,16-17H,1,9-15H2,2-3H3/b6-5-,8-7-. The Kier molecular flexibility index (Phi) is 8.52. The summed E-state index contributed by atoms with van der Waals surface area (Å²) in [5, 5.41) is 0. The average Bonchev–Trinajstić information content (AvgIpc) is 2.42. The van der Waals surface area contributed by atoms with Crippen LogP contribution in [-0.2, 0) is 4.74 Å².